The zero-order valence-corrected chi connectivity index (χ0v) is 19.9. The van der Waals surface area contributed by atoms with Gasteiger partial charge in [-0.2, -0.15) is 13.2 Å². The van der Waals surface area contributed by atoms with Crippen molar-refractivity contribution < 1.29 is 23.1 Å². The van der Waals surface area contributed by atoms with Crippen molar-refractivity contribution in [2.75, 3.05) is 5.32 Å². The second-order valence-corrected chi connectivity index (χ2v) is 9.23. The lowest BCUT2D eigenvalue weighted by Gasteiger charge is -2.25. The van der Waals surface area contributed by atoms with Gasteiger partial charge >= 0.3 is 12.1 Å². The number of carbonyl (C=O) groups is 1. The van der Waals surface area contributed by atoms with E-state index in [4.69, 9.17) is 11.6 Å². The summed E-state index contributed by atoms with van der Waals surface area (Å²) in [5.74, 6) is -2.68. The maximum atomic E-state index is 14.4. The van der Waals surface area contributed by atoms with Crippen molar-refractivity contribution in [3.8, 4) is 11.1 Å². The van der Waals surface area contributed by atoms with Crippen LogP contribution in [0.1, 0.15) is 55.8 Å². The maximum absolute atomic E-state index is 14.4. The average molecular weight is 490 g/mol. The second kappa shape index (κ2) is 10.5. The highest BCUT2D eigenvalue weighted by Gasteiger charge is 2.40. The molecule has 0 aliphatic heterocycles. The molecule has 0 heterocycles. The van der Waals surface area contributed by atoms with Crippen LogP contribution in [0.3, 0.4) is 0 Å². The third-order valence-electron chi connectivity index (χ3n) is 5.67. The van der Waals surface area contributed by atoms with Crippen molar-refractivity contribution in [1.82, 2.24) is 0 Å². The highest BCUT2D eigenvalue weighted by molar-refractivity contribution is 6.30. The first-order valence-electron chi connectivity index (χ1n) is 11.0. The molecule has 0 fully saturated rings. The molecule has 3 aromatic carbocycles. The fourth-order valence-electron chi connectivity index (χ4n) is 4.10. The molecule has 2 N–H and O–H groups in total. The summed E-state index contributed by atoms with van der Waals surface area (Å²) in [6, 6.07) is 17.9. The Morgan fingerprint density at radius 1 is 1.00 bits per heavy atom. The number of benzene rings is 3. The fraction of sp³-hybridized carbons (Fsp3) is 0.296. The van der Waals surface area contributed by atoms with Gasteiger partial charge in [-0.05, 0) is 65.8 Å². The van der Waals surface area contributed by atoms with Gasteiger partial charge in [0.15, 0.2) is 0 Å². The second-order valence-electron chi connectivity index (χ2n) is 8.79. The van der Waals surface area contributed by atoms with Crippen molar-refractivity contribution in [3.05, 3.63) is 88.4 Å². The van der Waals surface area contributed by atoms with Gasteiger partial charge in [0.25, 0.3) is 0 Å². The van der Waals surface area contributed by atoms with E-state index in [0.717, 1.165) is 5.56 Å². The van der Waals surface area contributed by atoms with Crippen molar-refractivity contribution in [3.63, 3.8) is 0 Å². The molecule has 0 aliphatic carbocycles. The highest BCUT2D eigenvalue weighted by Crippen LogP contribution is 2.45. The minimum absolute atomic E-state index is 0.0496. The van der Waals surface area contributed by atoms with Gasteiger partial charge < -0.3 is 10.4 Å². The molecule has 0 amide bonds. The first-order valence-corrected chi connectivity index (χ1v) is 11.4. The molecule has 0 saturated carbocycles. The Morgan fingerprint density at radius 3 is 2.15 bits per heavy atom. The Morgan fingerprint density at radius 2 is 1.62 bits per heavy atom. The molecule has 3 aromatic rings. The van der Waals surface area contributed by atoms with Crippen molar-refractivity contribution >= 4 is 23.3 Å². The Hall–Kier alpha value is -2.99. The average Bonchev–Trinajstić information content (AvgIpc) is 2.77. The normalized spacial score (nSPS) is 13.5. The third-order valence-corrected chi connectivity index (χ3v) is 5.92. The summed E-state index contributed by atoms with van der Waals surface area (Å²) in [5.41, 5.74) is 0.486. The lowest BCUT2D eigenvalue weighted by molar-refractivity contribution is -0.141. The number of carboxylic acids is 1. The molecule has 3 rings (SSSR count). The first kappa shape index (κ1) is 25.6. The number of rotatable bonds is 8. The summed E-state index contributed by atoms with van der Waals surface area (Å²) in [6.07, 6.45) is -4.64. The standard InChI is InChI=1S/C27H27ClF3NO2/c1-16(2)13-24(26(33)34)23-15-21(32-17(3)18-9-11-20(28)12-10-18)14-22(25(23)27(29,30)31)19-7-5-4-6-8-19/h4-12,14-17,24,32H,13H2,1-3H3,(H,33,34). The molecule has 0 radical (unpaired) electrons. The number of hydrogen-bond acceptors (Lipinski definition) is 2. The quantitative estimate of drug-likeness (QED) is 0.334. The van der Waals surface area contributed by atoms with Crippen LogP contribution in [-0.4, -0.2) is 11.1 Å². The number of hydrogen-bond donors (Lipinski definition) is 2. The van der Waals surface area contributed by atoms with Gasteiger partial charge in [0.05, 0.1) is 11.5 Å². The van der Waals surface area contributed by atoms with Crippen LogP contribution in [0, 0.1) is 5.92 Å². The highest BCUT2D eigenvalue weighted by atomic mass is 35.5. The fourth-order valence-corrected chi connectivity index (χ4v) is 4.23. The van der Waals surface area contributed by atoms with Gasteiger partial charge in [0, 0.05) is 16.8 Å². The smallest absolute Gasteiger partial charge is 0.417 e. The molecular weight excluding hydrogens is 463 g/mol. The van der Waals surface area contributed by atoms with Gasteiger partial charge in [-0.25, -0.2) is 0 Å². The van der Waals surface area contributed by atoms with Gasteiger partial charge in [-0.1, -0.05) is 67.9 Å². The van der Waals surface area contributed by atoms with Crippen LogP contribution >= 0.6 is 11.6 Å². The molecule has 2 atom stereocenters. The molecule has 0 bridgehead atoms. The summed E-state index contributed by atoms with van der Waals surface area (Å²) >= 11 is 5.97. The Balaban J connectivity index is 2.22. The van der Waals surface area contributed by atoms with E-state index < -0.39 is 23.6 Å². The molecule has 0 aromatic heterocycles. The lowest BCUT2D eigenvalue weighted by Crippen LogP contribution is -2.21. The number of alkyl halides is 3. The number of nitrogens with one attached hydrogen (secondary N) is 1. The van der Waals surface area contributed by atoms with E-state index in [1.807, 2.05) is 19.1 Å². The van der Waals surface area contributed by atoms with Crippen LogP contribution in [0.15, 0.2) is 66.7 Å². The zero-order valence-electron chi connectivity index (χ0n) is 19.2. The monoisotopic (exact) mass is 489 g/mol. The summed E-state index contributed by atoms with van der Waals surface area (Å²) in [7, 11) is 0. The summed E-state index contributed by atoms with van der Waals surface area (Å²) in [5, 5.41) is 13.7. The van der Waals surface area contributed by atoms with E-state index in [-0.39, 0.29) is 29.5 Å². The predicted molar refractivity (Wildman–Crippen MR) is 130 cm³/mol. The number of halogens is 4. The van der Waals surface area contributed by atoms with Gasteiger partial charge in [-0.3, -0.25) is 4.79 Å². The van der Waals surface area contributed by atoms with Gasteiger partial charge in [0.1, 0.15) is 0 Å². The van der Waals surface area contributed by atoms with Crippen LogP contribution in [-0.2, 0) is 11.0 Å². The van der Waals surface area contributed by atoms with Gasteiger partial charge in [0.2, 0.25) is 0 Å². The summed E-state index contributed by atoms with van der Waals surface area (Å²) in [4.78, 5) is 12.1. The molecule has 2 unspecified atom stereocenters. The Bertz CT molecular complexity index is 1130. The van der Waals surface area contributed by atoms with Crippen molar-refractivity contribution in [1.29, 1.82) is 0 Å². The Kier molecular flexibility index (Phi) is 7.93. The molecule has 180 valence electrons. The molecule has 0 saturated heterocycles. The molecule has 0 aliphatic rings. The molecule has 0 spiro atoms. The molecule has 3 nitrogen and oxygen atoms in total. The number of carboxylic acid groups (broad SMARTS) is 1. The van der Waals surface area contributed by atoms with E-state index in [0.29, 0.717) is 16.3 Å². The number of anilines is 1. The lowest BCUT2D eigenvalue weighted by atomic mass is 9.83. The van der Waals surface area contributed by atoms with E-state index in [2.05, 4.69) is 5.32 Å². The van der Waals surface area contributed by atoms with Crippen LogP contribution in [0.25, 0.3) is 11.1 Å². The van der Waals surface area contributed by atoms with E-state index in [9.17, 15) is 23.1 Å². The van der Waals surface area contributed by atoms with Crippen LogP contribution in [0.2, 0.25) is 5.02 Å². The van der Waals surface area contributed by atoms with Crippen LogP contribution in [0.4, 0.5) is 18.9 Å². The Labute approximate surface area is 202 Å². The zero-order chi connectivity index (χ0) is 25.0. The van der Waals surface area contributed by atoms with Crippen LogP contribution in [0.5, 0.6) is 0 Å². The van der Waals surface area contributed by atoms with E-state index in [1.165, 1.54) is 12.1 Å². The topological polar surface area (TPSA) is 49.3 Å². The largest absolute Gasteiger partial charge is 0.481 e. The maximum Gasteiger partial charge on any atom is 0.417 e. The van der Waals surface area contributed by atoms with Crippen molar-refractivity contribution in [2.45, 2.75) is 45.3 Å². The van der Waals surface area contributed by atoms with Gasteiger partial charge in [-0.15, -0.1) is 0 Å². The summed E-state index contributed by atoms with van der Waals surface area (Å²) in [6.45, 7) is 5.48. The summed E-state index contributed by atoms with van der Waals surface area (Å²) < 4.78 is 43.3. The minimum atomic E-state index is -4.73. The van der Waals surface area contributed by atoms with E-state index >= 15 is 0 Å². The first-order chi connectivity index (χ1) is 16.0. The molecular formula is C27H27ClF3NO2. The van der Waals surface area contributed by atoms with Crippen LogP contribution < -0.4 is 5.32 Å². The number of aliphatic carboxylic acids is 1. The minimum Gasteiger partial charge on any atom is -0.481 e. The third kappa shape index (κ3) is 6.11. The van der Waals surface area contributed by atoms with Crippen molar-refractivity contribution in [2.24, 2.45) is 5.92 Å². The van der Waals surface area contributed by atoms with E-state index in [1.54, 1.807) is 56.3 Å². The SMILES string of the molecule is CC(C)CC(C(=O)O)c1cc(NC(C)c2ccc(Cl)cc2)cc(-c2ccccc2)c1C(F)(F)F. The molecule has 34 heavy (non-hydrogen) atoms. The predicted octanol–water partition coefficient (Wildman–Crippen LogP) is 8.41. The molecule has 7 heteroatoms.